The van der Waals surface area contributed by atoms with Crippen molar-refractivity contribution in [3.05, 3.63) is 65.3 Å². The number of alkyl halides is 3. The number of hydrogen-bond donors (Lipinski definition) is 1. The van der Waals surface area contributed by atoms with Crippen molar-refractivity contribution in [3.8, 4) is 17.2 Å². The van der Waals surface area contributed by atoms with Gasteiger partial charge in [-0.05, 0) is 36.0 Å². The van der Waals surface area contributed by atoms with Crippen molar-refractivity contribution < 1.29 is 23.1 Å². The van der Waals surface area contributed by atoms with Crippen molar-refractivity contribution in [2.75, 3.05) is 0 Å². The average molecular weight is 449 g/mol. The summed E-state index contributed by atoms with van der Waals surface area (Å²) in [5, 5.41) is 17.6. The van der Waals surface area contributed by atoms with Gasteiger partial charge in [-0.25, -0.2) is 9.78 Å². The Kier molecular flexibility index (Phi) is 5.26. The van der Waals surface area contributed by atoms with Crippen LogP contribution in [0.15, 0.2) is 64.2 Å². The third-order valence-electron chi connectivity index (χ3n) is 3.79. The maximum Gasteiger partial charge on any atom is 0.435 e. The van der Waals surface area contributed by atoms with E-state index in [1.807, 2.05) is 6.07 Å². The zero-order valence-corrected chi connectivity index (χ0v) is 16.4. The van der Waals surface area contributed by atoms with Crippen LogP contribution in [0.2, 0.25) is 0 Å². The predicted molar refractivity (Wildman–Crippen MR) is 103 cm³/mol. The topological polar surface area (TPSA) is 93.8 Å². The summed E-state index contributed by atoms with van der Waals surface area (Å²) >= 11 is 1.23. The highest BCUT2D eigenvalue weighted by Crippen LogP contribution is 2.40. The Morgan fingerprint density at radius 3 is 2.40 bits per heavy atom. The standard InChI is InChI=1S/C18H10F3N5O2S2/c19-18(20,21)13-12(15(27)28)29-17(23-13)30-16-25-24-14(11-8-4-5-9-22-11)26(16)10-6-2-1-3-7-10/h1-9H,(H,27,28). The fourth-order valence-electron chi connectivity index (χ4n) is 2.57. The number of carboxylic acid groups (broad SMARTS) is 1. The molecule has 0 radical (unpaired) electrons. The SMILES string of the molecule is O=C(O)c1sc(Sc2nnc(-c3ccccn3)n2-c2ccccc2)nc1C(F)(F)F. The van der Waals surface area contributed by atoms with Crippen LogP contribution < -0.4 is 0 Å². The second-order valence-corrected chi connectivity index (χ2v) is 7.97. The normalized spacial score (nSPS) is 11.6. The molecule has 0 aliphatic heterocycles. The molecule has 0 aliphatic rings. The lowest BCUT2D eigenvalue weighted by atomic mass is 10.3. The molecule has 0 saturated carbocycles. The highest BCUT2D eigenvalue weighted by molar-refractivity contribution is 8.00. The van der Waals surface area contributed by atoms with Crippen molar-refractivity contribution in [1.82, 2.24) is 24.7 Å². The van der Waals surface area contributed by atoms with Gasteiger partial charge in [-0.15, -0.1) is 10.2 Å². The van der Waals surface area contributed by atoms with Crippen LogP contribution in [-0.4, -0.2) is 35.8 Å². The number of halogens is 3. The first kappa shape index (κ1) is 20.0. The van der Waals surface area contributed by atoms with E-state index in [4.69, 9.17) is 5.11 Å². The number of thiazole rings is 1. The summed E-state index contributed by atoms with van der Waals surface area (Å²) in [6.07, 6.45) is -3.29. The van der Waals surface area contributed by atoms with Crippen molar-refractivity contribution in [3.63, 3.8) is 0 Å². The van der Waals surface area contributed by atoms with Crippen LogP contribution in [0.5, 0.6) is 0 Å². The number of hydrogen-bond acceptors (Lipinski definition) is 7. The largest absolute Gasteiger partial charge is 0.477 e. The molecule has 4 aromatic rings. The molecule has 0 fully saturated rings. The van der Waals surface area contributed by atoms with Gasteiger partial charge in [0.05, 0.1) is 0 Å². The molecule has 0 bridgehead atoms. The second-order valence-electron chi connectivity index (χ2n) is 5.75. The quantitative estimate of drug-likeness (QED) is 0.474. The molecule has 1 N–H and O–H groups in total. The lowest BCUT2D eigenvalue weighted by Gasteiger charge is -2.09. The van der Waals surface area contributed by atoms with Crippen molar-refractivity contribution in [1.29, 1.82) is 0 Å². The van der Waals surface area contributed by atoms with Crippen LogP contribution >= 0.6 is 23.1 Å². The van der Waals surface area contributed by atoms with Gasteiger partial charge in [0.25, 0.3) is 0 Å². The van der Waals surface area contributed by atoms with E-state index in [9.17, 15) is 18.0 Å². The number of aromatic nitrogens is 5. The summed E-state index contributed by atoms with van der Waals surface area (Å²) in [6.45, 7) is 0. The van der Waals surface area contributed by atoms with Gasteiger partial charge >= 0.3 is 12.1 Å². The van der Waals surface area contributed by atoms with E-state index < -0.39 is 22.7 Å². The van der Waals surface area contributed by atoms with E-state index in [0.29, 0.717) is 28.5 Å². The smallest absolute Gasteiger partial charge is 0.435 e. The first-order valence-corrected chi connectivity index (χ1v) is 9.89. The number of pyridine rings is 1. The number of aromatic carboxylic acids is 1. The Morgan fingerprint density at radius 1 is 1.07 bits per heavy atom. The minimum atomic E-state index is -4.88. The zero-order chi connectivity index (χ0) is 21.3. The van der Waals surface area contributed by atoms with Crippen molar-refractivity contribution >= 4 is 29.1 Å². The Bertz CT molecular complexity index is 1190. The van der Waals surface area contributed by atoms with E-state index >= 15 is 0 Å². The van der Waals surface area contributed by atoms with Gasteiger partial charge in [-0.3, -0.25) is 9.55 Å². The molecule has 0 saturated heterocycles. The van der Waals surface area contributed by atoms with Crippen LogP contribution in [0.3, 0.4) is 0 Å². The molecule has 4 rings (SSSR count). The summed E-state index contributed by atoms with van der Waals surface area (Å²) in [6, 6.07) is 14.2. The lowest BCUT2D eigenvalue weighted by molar-refractivity contribution is -0.141. The molecular weight excluding hydrogens is 439 g/mol. The van der Waals surface area contributed by atoms with Gasteiger partial charge in [-0.2, -0.15) is 13.2 Å². The van der Waals surface area contributed by atoms with E-state index in [1.54, 1.807) is 53.2 Å². The van der Waals surface area contributed by atoms with E-state index in [-0.39, 0.29) is 9.50 Å². The summed E-state index contributed by atoms with van der Waals surface area (Å²) in [5.41, 5.74) is -0.253. The Hall–Kier alpha value is -3.25. The van der Waals surface area contributed by atoms with Crippen LogP contribution in [0.25, 0.3) is 17.2 Å². The maximum absolute atomic E-state index is 13.2. The Morgan fingerprint density at radius 2 is 1.80 bits per heavy atom. The zero-order valence-electron chi connectivity index (χ0n) is 14.7. The highest BCUT2D eigenvalue weighted by atomic mass is 32.2. The highest BCUT2D eigenvalue weighted by Gasteiger charge is 2.40. The van der Waals surface area contributed by atoms with Gasteiger partial charge in [0.15, 0.2) is 15.9 Å². The molecule has 0 amide bonds. The summed E-state index contributed by atoms with van der Waals surface area (Å²) in [7, 11) is 0. The average Bonchev–Trinajstić information content (AvgIpc) is 3.34. The third-order valence-corrected chi connectivity index (χ3v) is 5.84. The number of carboxylic acids is 1. The maximum atomic E-state index is 13.2. The number of carbonyl (C=O) groups is 1. The Labute approximate surface area is 175 Å². The summed E-state index contributed by atoms with van der Waals surface area (Å²) < 4.78 is 41.0. The van der Waals surface area contributed by atoms with Gasteiger partial charge in [-0.1, -0.05) is 35.6 Å². The van der Waals surface area contributed by atoms with E-state index in [0.717, 1.165) is 11.8 Å². The van der Waals surface area contributed by atoms with E-state index in [2.05, 4.69) is 20.2 Å². The van der Waals surface area contributed by atoms with Crippen LogP contribution in [0.1, 0.15) is 15.4 Å². The molecule has 12 heteroatoms. The fourth-order valence-corrected chi connectivity index (χ4v) is 4.52. The fraction of sp³-hybridized carbons (Fsp3) is 0.0556. The van der Waals surface area contributed by atoms with Gasteiger partial charge in [0.1, 0.15) is 10.6 Å². The second kappa shape index (κ2) is 7.88. The molecule has 0 atom stereocenters. The third kappa shape index (κ3) is 3.91. The van der Waals surface area contributed by atoms with Gasteiger partial charge < -0.3 is 5.11 Å². The summed E-state index contributed by atoms with van der Waals surface area (Å²) in [5.74, 6) is -1.30. The Balaban J connectivity index is 1.81. The molecule has 0 spiro atoms. The molecule has 1 aromatic carbocycles. The predicted octanol–water partition coefficient (Wildman–Crippen LogP) is 4.65. The molecule has 7 nitrogen and oxygen atoms in total. The molecule has 0 unspecified atom stereocenters. The monoisotopic (exact) mass is 449 g/mol. The van der Waals surface area contributed by atoms with Crippen molar-refractivity contribution in [2.24, 2.45) is 0 Å². The first-order chi connectivity index (χ1) is 14.3. The first-order valence-electron chi connectivity index (χ1n) is 8.26. The van der Waals surface area contributed by atoms with Gasteiger partial charge in [0, 0.05) is 11.9 Å². The van der Waals surface area contributed by atoms with Crippen LogP contribution in [0, 0.1) is 0 Å². The molecule has 152 valence electrons. The minimum absolute atomic E-state index is 0.114. The molecule has 30 heavy (non-hydrogen) atoms. The number of para-hydroxylation sites is 1. The van der Waals surface area contributed by atoms with E-state index in [1.165, 1.54) is 0 Å². The molecular formula is C18H10F3N5O2S2. The van der Waals surface area contributed by atoms with Crippen molar-refractivity contribution in [2.45, 2.75) is 15.7 Å². The minimum Gasteiger partial charge on any atom is -0.477 e. The van der Waals surface area contributed by atoms with Crippen LogP contribution in [-0.2, 0) is 6.18 Å². The van der Waals surface area contributed by atoms with Gasteiger partial charge in [0.2, 0.25) is 5.16 Å². The number of rotatable bonds is 5. The summed E-state index contributed by atoms with van der Waals surface area (Å²) in [4.78, 5) is 18.1. The molecule has 3 aromatic heterocycles. The van der Waals surface area contributed by atoms with Crippen LogP contribution in [0.4, 0.5) is 13.2 Å². The molecule has 0 aliphatic carbocycles. The lowest BCUT2D eigenvalue weighted by Crippen LogP contribution is -2.11. The number of benzene rings is 1. The number of nitrogens with zero attached hydrogens (tertiary/aromatic N) is 5. The molecule has 3 heterocycles.